The summed E-state index contributed by atoms with van der Waals surface area (Å²) < 4.78 is 0. The van der Waals surface area contributed by atoms with Crippen molar-refractivity contribution in [2.45, 2.75) is 103 Å². The predicted octanol–water partition coefficient (Wildman–Crippen LogP) is 2.25. The van der Waals surface area contributed by atoms with Crippen LogP contribution in [0.15, 0.2) is 28.3 Å². The SMILES string of the molecule is CC(C)/C(=C\CC=O)C[C@@H](O)[C@@H](C)[C@H]1CC[C@@]2(O)C3=CC(=O)[C@@H]4C[C@@H](O)[C@@H](O)C[C@]4(C)[C@H]3[C@H](CN=C(N)N)C[C@]12C. The Morgan fingerprint density at radius 1 is 1.17 bits per heavy atom. The van der Waals surface area contributed by atoms with Gasteiger partial charge in [0.05, 0.1) is 23.9 Å². The van der Waals surface area contributed by atoms with Crippen molar-refractivity contribution in [2.75, 3.05) is 6.54 Å². The van der Waals surface area contributed by atoms with E-state index in [0.717, 1.165) is 11.9 Å². The third kappa shape index (κ3) is 5.32. The molecule has 0 aromatic heterocycles. The molecule has 0 aliphatic heterocycles. The Morgan fingerprint density at radius 2 is 1.85 bits per heavy atom. The molecule has 11 atom stereocenters. The van der Waals surface area contributed by atoms with E-state index in [2.05, 4.69) is 25.8 Å². The number of aldehydes is 1. The first-order valence-corrected chi connectivity index (χ1v) is 15.3. The summed E-state index contributed by atoms with van der Waals surface area (Å²) in [5.41, 5.74) is 10.7. The minimum Gasteiger partial charge on any atom is -0.393 e. The number of hydrogen-bond donors (Lipinski definition) is 6. The largest absolute Gasteiger partial charge is 0.393 e. The topological polar surface area (TPSA) is 179 Å². The Hall–Kier alpha value is -2.07. The highest BCUT2D eigenvalue weighted by molar-refractivity contribution is 5.95. The minimum atomic E-state index is -1.26. The van der Waals surface area contributed by atoms with Crippen LogP contribution in [0.1, 0.15) is 79.6 Å². The molecule has 0 amide bonds. The molecule has 4 rings (SSSR count). The number of aliphatic imine (C=N–C) groups is 1. The van der Waals surface area contributed by atoms with Gasteiger partial charge in [-0.15, -0.1) is 0 Å². The number of aliphatic hydroxyl groups is 4. The van der Waals surface area contributed by atoms with Gasteiger partial charge in [-0.1, -0.05) is 46.3 Å². The molecule has 0 heterocycles. The Kier molecular flexibility index (Phi) is 8.97. The molecular weight excluding hydrogens is 522 g/mol. The van der Waals surface area contributed by atoms with E-state index in [-0.39, 0.29) is 54.2 Å². The second kappa shape index (κ2) is 11.5. The number of fused-ring (bicyclic) bond motifs is 5. The van der Waals surface area contributed by atoms with Gasteiger partial charge in [-0.25, -0.2) is 0 Å². The molecule has 41 heavy (non-hydrogen) atoms. The van der Waals surface area contributed by atoms with Gasteiger partial charge >= 0.3 is 0 Å². The minimum absolute atomic E-state index is 0.0238. The van der Waals surface area contributed by atoms with Crippen molar-refractivity contribution in [2.24, 2.45) is 62.8 Å². The number of carbonyl (C=O) groups excluding carboxylic acids is 2. The zero-order valence-corrected chi connectivity index (χ0v) is 25.3. The van der Waals surface area contributed by atoms with Gasteiger partial charge in [0.15, 0.2) is 11.7 Å². The zero-order valence-electron chi connectivity index (χ0n) is 25.3. The van der Waals surface area contributed by atoms with Crippen LogP contribution in [0.25, 0.3) is 0 Å². The molecule has 4 aliphatic carbocycles. The maximum Gasteiger partial charge on any atom is 0.185 e. The molecule has 230 valence electrons. The standard InChI is InChI=1S/C32H51N3O6/c1-17(2)19(7-6-10-36)11-24(37)18(3)21-8-9-32(41)23-13-25(38)22-12-26(39)27(40)15-30(22,4)28(23)20(14-31(21,32)5)16-35-29(33)34/h7,10,13,17-18,20-22,24,26-28,37,39-41H,6,8-9,11-12,14-16H2,1-5H3,(H4,33,34,35)/b19-7-/t18-,20-,21+,22-,24+,26+,27-,28-,30-,31+,32+/m0/s1. The van der Waals surface area contributed by atoms with E-state index in [4.69, 9.17) is 11.5 Å². The van der Waals surface area contributed by atoms with Crippen molar-refractivity contribution in [3.05, 3.63) is 23.3 Å². The fraction of sp³-hybridized carbons (Fsp3) is 0.781. The monoisotopic (exact) mass is 573 g/mol. The summed E-state index contributed by atoms with van der Waals surface area (Å²) in [5.74, 6) is -0.941. The number of carbonyl (C=O) groups is 2. The summed E-state index contributed by atoms with van der Waals surface area (Å²) in [6, 6.07) is 0. The quantitative estimate of drug-likeness (QED) is 0.105. The molecule has 0 aromatic rings. The highest BCUT2D eigenvalue weighted by Gasteiger charge is 2.69. The third-order valence-corrected chi connectivity index (χ3v) is 11.7. The number of aliphatic hydroxyl groups excluding tert-OH is 3. The lowest BCUT2D eigenvalue weighted by Crippen LogP contribution is -2.64. The highest BCUT2D eigenvalue weighted by Crippen LogP contribution is 2.69. The molecule has 9 heteroatoms. The van der Waals surface area contributed by atoms with Gasteiger partial charge in [-0.2, -0.15) is 0 Å². The Balaban J connectivity index is 1.74. The molecule has 0 saturated heterocycles. The van der Waals surface area contributed by atoms with E-state index in [1.807, 2.05) is 19.9 Å². The van der Waals surface area contributed by atoms with Crippen molar-refractivity contribution < 1.29 is 30.0 Å². The summed E-state index contributed by atoms with van der Waals surface area (Å²) in [4.78, 5) is 29.0. The van der Waals surface area contributed by atoms with Crippen molar-refractivity contribution in [3.63, 3.8) is 0 Å². The number of ketones is 1. The smallest absolute Gasteiger partial charge is 0.185 e. The molecule has 4 aliphatic rings. The van der Waals surface area contributed by atoms with E-state index in [9.17, 15) is 30.0 Å². The van der Waals surface area contributed by atoms with Crippen LogP contribution in [0.3, 0.4) is 0 Å². The Labute approximate surface area is 244 Å². The van der Waals surface area contributed by atoms with Crippen LogP contribution in [-0.4, -0.2) is 68.9 Å². The van der Waals surface area contributed by atoms with Gasteiger partial charge in [0.25, 0.3) is 0 Å². The molecule has 0 unspecified atom stereocenters. The lowest BCUT2D eigenvalue weighted by atomic mass is 9.43. The van der Waals surface area contributed by atoms with E-state index in [0.29, 0.717) is 44.2 Å². The van der Waals surface area contributed by atoms with Gasteiger partial charge in [0.1, 0.15) is 6.29 Å². The average Bonchev–Trinajstić information content (AvgIpc) is 3.16. The summed E-state index contributed by atoms with van der Waals surface area (Å²) in [7, 11) is 0. The number of hydrogen-bond acceptors (Lipinski definition) is 7. The first-order chi connectivity index (χ1) is 19.1. The number of nitrogens with zero attached hydrogens (tertiary/aromatic N) is 1. The number of guanidine groups is 1. The maximum absolute atomic E-state index is 13.6. The predicted molar refractivity (Wildman–Crippen MR) is 157 cm³/mol. The van der Waals surface area contributed by atoms with Crippen molar-refractivity contribution in [1.82, 2.24) is 0 Å². The van der Waals surface area contributed by atoms with E-state index in [1.165, 1.54) is 0 Å². The second-order valence-corrected chi connectivity index (χ2v) is 14.2. The Morgan fingerprint density at radius 3 is 2.46 bits per heavy atom. The van der Waals surface area contributed by atoms with Gasteiger partial charge < -0.3 is 36.7 Å². The van der Waals surface area contributed by atoms with Crippen LogP contribution in [0.2, 0.25) is 0 Å². The van der Waals surface area contributed by atoms with Gasteiger partial charge in [0.2, 0.25) is 0 Å². The van der Waals surface area contributed by atoms with Crippen LogP contribution >= 0.6 is 0 Å². The fourth-order valence-electron chi connectivity index (χ4n) is 9.47. The van der Waals surface area contributed by atoms with Crippen molar-refractivity contribution in [3.8, 4) is 0 Å². The van der Waals surface area contributed by atoms with Crippen LogP contribution in [0.4, 0.5) is 0 Å². The second-order valence-electron chi connectivity index (χ2n) is 14.2. The molecule has 3 fully saturated rings. The van der Waals surface area contributed by atoms with Crippen LogP contribution in [0, 0.1) is 46.3 Å². The molecular formula is C32H51N3O6. The molecule has 0 aromatic carbocycles. The van der Waals surface area contributed by atoms with Crippen LogP contribution in [-0.2, 0) is 9.59 Å². The summed E-state index contributed by atoms with van der Waals surface area (Å²) in [6.07, 6.45) is 4.78. The summed E-state index contributed by atoms with van der Waals surface area (Å²) in [6.45, 7) is 10.6. The first kappa shape index (κ1) is 31.9. The molecule has 0 spiro atoms. The van der Waals surface area contributed by atoms with Crippen LogP contribution < -0.4 is 11.5 Å². The molecule has 9 nitrogen and oxygen atoms in total. The van der Waals surface area contributed by atoms with E-state index >= 15 is 0 Å². The summed E-state index contributed by atoms with van der Waals surface area (Å²) >= 11 is 0. The van der Waals surface area contributed by atoms with E-state index in [1.54, 1.807) is 6.08 Å². The summed E-state index contributed by atoms with van der Waals surface area (Å²) in [5, 5.41) is 45.3. The van der Waals surface area contributed by atoms with Crippen LogP contribution in [0.5, 0.6) is 0 Å². The van der Waals surface area contributed by atoms with Crippen molar-refractivity contribution >= 4 is 18.0 Å². The molecule has 0 radical (unpaired) electrons. The number of allylic oxidation sites excluding steroid dienone is 2. The Bertz CT molecular complexity index is 1110. The van der Waals surface area contributed by atoms with Gasteiger partial charge in [-0.3, -0.25) is 9.79 Å². The average molecular weight is 574 g/mol. The molecule has 0 bridgehead atoms. The third-order valence-electron chi connectivity index (χ3n) is 11.7. The molecule has 8 N–H and O–H groups in total. The number of rotatable bonds is 9. The lowest BCUT2D eigenvalue weighted by Gasteiger charge is -2.62. The van der Waals surface area contributed by atoms with Gasteiger partial charge in [0, 0.05) is 24.3 Å². The molecule has 3 saturated carbocycles. The fourth-order valence-corrected chi connectivity index (χ4v) is 9.47. The maximum atomic E-state index is 13.6. The van der Waals surface area contributed by atoms with Crippen molar-refractivity contribution in [1.29, 1.82) is 0 Å². The first-order valence-electron chi connectivity index (χ1n) is 15.3. The number of nitrogens with two attached hydrogens (primary N) is 2. The van der Waals surface area contributed by atoms with E-state index < -0.39 is 40.7 Å². The van der Waals surface area contributed by atoms with Gasteiger partial charge in [-0.05, 0) is 85.2 Å². The highest BCUT2D eigenvalue weighted by atomic mass is 16.3. The normalized spacial score (nSPS) is 42.0. The lowest BCUT2D eigenvalue weighted by molar-refractivity contribution is -0.164. The zero-order chi connectivity index (χ0) is 30.5.